The molecule has 1 amide bonds. The first-order chi connectivity index (χ1) is 10.7. The monoisotopic (exact) mass is 301 g/mol. The number of oxazole rings is 1. The van der Waals surface area contributed by atoms with Crippen molar-refractivity contribution < 1.29 is 9.21 Å². The zero-order valence-electron chi connectivity index (χ0n) is 11.9. The predicted molar refractivity (Wildman–Crippen MR) is 78.3 cm³/mol. The van der Waals surface area contributed by atoms with Crippen LogP contribution in [0, 0.1) is 0 Å². The number of carbonyl (C=O) groups excluding carboxylic acids is 1. The van der Waals surface area contributed by atoms with Crippen molar-refractivity contribution in [1.29, 1.82) is 0 Å². The zero-order chi connectivity index (χ0) is 15.5. The number of para-hydroxylation sites is 2. The highest BCUT2D eigenvalue weighted by Crippen LogP contribution is 2.16. The summed E-state index contributed by atoms with van der Waals surface area (Å²) in [5, 5.41) is 12.9. The van der Waals surface area contributed by atoms with Gasteiger partial charge in [0.15, 0.2) is 5.58 Å². The first kappa shape index (κ1) is 14.1. The molecule has 22 heavy (non-hydrogen) atoms. The molecule has 3 aromatic rings. The first-order valence-corrected chi connectivity index (χ1v) is 6.89. The lowest BCUT2D eigenvalue weighted by molar-refractivity contribution is -0.123. The molecule has 0 aliphatic carbocycles. The van der Waals surface area contributed by atoms with Gasteiger partial charge in [0, 0.05) is 13.0 Å². The molecule has 1 aromatic carbocycles. The van der Waals surface area contributed by atoms with Crippen LogP contribution < -0.4 is 11.1 Å². The van der Waals surface area contributed by atoms with Crippen molar-refractivity contribution in [2.45, 2.75) is 19.4 Å². The number of aromatic amines is 1. The molecule has 0 bridgehead atoms. The Hall–Kier alpha value is -2.90. The molecule has 2 heterocycles. The van der Waals surface area contributed by atoms with Crippen LogP contribution in [0.15, 0.2) is 39.7 Å². The van der Waals surface area contributed by atoms with Gasteiger partial charge < -0.3 is 9.73 Å². The van der Waals surface area contributed by atoms with Gasteiger partial charge >= 0.3 is 5.76 Å². The first-order valence-electron chi connectivity index (χ1n) is 6.89. The van der Waals surface area contributed by atoms with Crippen molar-refractivity contribution in [3.63, 3.8) is 0 Å². The van der Waals surface area contributed by atoms with Crippen LogP contribution in [-0.4, -0.2) is 32.4 Å². The van der Waals surface area contributed by atoms with Gasteiger partial charge in [-0.25, -0.2) is 4.79 Å². The number of fused-ring (bicyclic) bond motifs is 1. The Morgan fingerprint density at radius 3 is 3.05 bits per heavy atom. The van der Waals surface area contributed by atoms with Crippen LogP contribution >= 0.6 is 0 Å². The summed E-state index contributed by atoms with van der Waals surface area (Å²) in [5.74, 6) is -0.794. The molecule has 8 heteroatoms. The van der Waals surface area contributed by atoms with Gasteiger partial charge in [-0.3, -0.25) is 9.36 Å². The van der Waals surface area contributed by atoms with Crippen molar-refractivity contribution in [3.8, 4) is 0 Å². The average molecular weight is 301 g/mol. The Balaban J connectivity index is 1.72. The third-order valence-electron chi connectivity index (χ3n) is 3.43. The fourth-order valence-corrected chi connectivity index (χ4v) is 2.28. The molecule has 3 rings (SSSR count). The van der Waals surface area contributed by atoms with E-state index in [4.69, 9.17) is 4.42 Å². The summed E-state index contributed by atoms with van der Waals surface area (Å²) in [6.45, 7) is 2.08. The van der Waals surface area contributed by atoms with Crippen LogP contribution in [0.25, 0.3) is 11.1 Å². The minimum Gasteiger partial charge on any atom is -0.408 e. The summed E-state index contributed by atoms with van der Waals surface area (Å²) in [6.07, 6.45) is 2.17. The highest BCUT2D eigenvalue weighted by molar-refractivity contribution is 5.82. The zero-order valence-corrected chi connectivity index (χ0v) is 11.9. The van der Waals surface area contributed by atoms with Crippen LogP contribution in [0.3, 0.4) is 0 Å². The smallest absolute Gasteiger partial charge is 0.408 e. The van der Waals surface area contributed by atoms with Gasteiger partial charge in [-0.05, 0) is 19.1 Å². The van der Waals surface area contributed by atoms with E-state index in [9.17, 15) is 9.59 Å². The molecule has 8 nitrogen and oxygen atoms in total. The van der Waals surface area contributed by atoms with Crippen LogP contribution in [-0.2, 0) is 11.2 Å². The van der Waals surface area contributed by atoms with Crippen LogP contribution in [0.4, 0.5) is 0 Å². The maximum Gasteiger partial charge on any atom is 0.420 e. The van der Waals surface area contributed by atoms with E-state index in [0.717, 1.165) is 5.69 Å². The number of aromatic nitrogens is 4. The van der Waals surface area contributed by atoms with E-state index in [0.29, 0.717) is 24.1 Å². The Labute approximate surface area is 125 Å². The van der Waals surface area contributed by atoms with E-state index in [2.05, 4.69) is 20.7 Å². The van der Waals surface area contributed by atoms with Crippen LogP contribution in [0.2, 0.25) is 0 Å². The van der Waals surface area contributed by atoms with E-state index in [1.807, 2.05) is 0 Å². The van der Waals surface area contributed by atoms with Crippen molar-refractivity contribution in [2.75, 3.05) is 6.54 Å². The summed E-state index contributed by atoms with van der Waals surface area (Å²) in [7, 11) is 0. The third kappa shape index (κ3) is 2.62. The number of nitrogens with one attached hydrogen (secondary N) is 2. The maximum absolute atomic E-state index is 12.2. The summed E-state index contributed by atoms with van der Waals surface area (Å²) >= 11 is 0. The third-order valence-corrected chi connectivity index (χ3v) is 3.43. The van der Waals surface area contributed by atoms with Crippen LogP contribution in [0.1, 0.15) is 18.7 Å². The van der Waals surface area contributed by atoms with Gasteiger partial charge in [0.05, 0.1) is 17.4 Å². The molecule has 2 aromatic heterocycles. The maximum atomic E-state index is 12.2. The van der Waals surface area contributed by atoms with Gasteiger partial charge in [-0.2, -0.15) is 15.4 Å². The van der Waals surface area contributed by atoms with E-state index in [1.165, 1.54) is 4.57 Å². The summed E-state index contributed by atoms with van der Waals surface area (Å²) < 4.78 is 6.49. The molecule has 114 valence electrons. The molecular weight excluding hydrogens is 286 g/mol. The fourth-order valence-electron chi connectivity index (χ4n) is 2.28. The minimum absolute atomic E-state index is 0.253. The standard InChI is InChI=1S/C14H15N5O3/c1-9(13(20)15-7-6-10-8-16-18-17-10)19-11-4-2-3-5-12(11)22-14(19)21/h2-5,8-9H,6-7H2,1H3,(H,15,20)(H,16,17,18)/t9-/m0/s1. The second-order valence-corrected chi connectivity index (χ2v) is 4.88. The van der Waals surface area contributed by atoms with Crippen molar-refractivity contribution in [1.82, 2.24) is 25.3 Å². The molecule has 0 saturated heterocycles. The lowest BCUT2D eigenvalue weighted by Gasteiger charge is -2.12. The highest BCUT2D eigenvalue weighted by Gasteiger charge is 2.20. The topological polar surface area (TPSA) is 106 Å². The highest BCUT2D eigenvalue weighted by atomic mass is 16.4. The number of hydrogen-bond acceptors (Lipinski definition) is 5. The number of amides is 1. The summed E-state index contributed by atoms with van der Waals surface area (Å²) in [5.41, 5.74) is 1.83. The van der Waals surface area contributed by atoms with Crippen LogP contribution in [0.5, 0.6) is 0 Å². The predicted octanol–water partition coefficient (Wildman–Crippen LogP) is 0.632. The number of H-pyrrole nitrogens is 1. The number of rotatable bonds is 5. The molecule has 2 N–H and O–H groups in total. The Morgan fingerprint density at radius 1 is 1.45 bits per heavy atom. The Morgan fingerprint density at radius 2 is 2.27 bits per heavy atom. The van der Waals surface area contributed by atoms with E-state index in [-0.39, 0.29) is 5.91 Å². The molecule has 0 fully saturated rings. The molecule has 0 saturated carbocycles. The van der Waals surface area contributed by atoms with Crippen molar-refractivity contribution in [2.24, 2.45) is 0 Å². The molecule has 0 unspecified atom stereocenters. The largest absolute Gasteiger partial charge is 0.420 e. The van der Waals surface area contributed by atoms with Gasteiger partial charge in [0.2, 0.25) is 5.91 Å². The van der Waals surface area contributed by atoms with Gasteiger partial charge in [-0.15, -0.1) is 0 Å². The molecule has 1 atom stereocenters. The normalized spacial score (nSPS) is 12.4. The van der Waals surface area contributed by atoms with Gasteiger partial charge in [-0.1, -0.05) is 12.1 Å². The van der Waals surface area contributed by atoms with Crippen molar-refractivity contribution >= 4 is 17.0 Å². The number of hydrogen-bond donors (Lipinski definition) is 2. The fraction of sp³-hybridized carbons (Fsp3) is 0.286. The molecule has 0 aliphatic rings. The molecule has 0 aliphatic heterocycles. The Bertz CT molecular complexity index is 834. The van der Waals surface area contributed by atoms with E-state index in [1.54, 1.807) is 37.4 Å². The Kier molecular flexibility index (Phi) is 3.73. The molecule has 0 spiro atoms. The van der Waals surface area contributed by atoms with Gasteiger partial charge in [0.25, 0.3) is 0 Å². The number of nitrogens with zero attached hydrogens (tertiary/aromatic N) is 3. The van der Waals surface area contributed by atoms with Gasteiger partial charge in [0.1, 0.15) is 6.04 Å². The number of carbonyl (C=O) groups is 1. The van der Waals surface area contributed by atoms with E-state index < -0.39 is 11.8 Å². The van der Waals surface area contributed by atoms with E-state index >= 15 is 0 Å². The summed E-state index contributed by atoms with van der Waals surface area (Å²) in [6, 6.07) is 6.36. The lowest BCUT2D eigenvalue weighted by atomic mass is 10.2. The molecule has 0 radical (unpaired) electrons. The lowest BCUT2D eigenvalue weighted by Crippen LogP contribution is -2.35. The number of benzene rings is 1. The second kappa shape index (κ2) is 5.84. The minimum atomic E-state index is -0.659. The molecular formula is C14H15N5O3. The second-order valence-electron chi connectivity index (χ2n) is 4.88. The quantitative estimate of drug-likeness (QED) is 0.719. The average Bonchev–Trinajstić information content (AvgIpc) is 3.13. The van der Waals surface area contributed by atoms with Crippen molar-refractivity contribution in [3.05, 3.63) is 46.7 Å². The SMILES string of the molecule is C[C@@H](C(=O)NCCc1cn[nH]n1)n1c(=O)oc2ccccc21. The summed E-state index contributed by atoms with van der Waals surface area (Å²) in [4.78, 5) is 24.1.